The lowest BCUT2D eigenvalue weighted by Crippen LogP contribution is -2.31. The van der Waals surface area contributed by atoms with E-state index >= 15 is 0 Å². The summed E-state index contributed by atoms with van der Waals surface area (Å²) in [6.45, 7) is 2.00. The van der Waals surface area contributed by atoms with Crippen LogP contribution in [0.2, 0.25) is 0 Å². The molecule has 17 heavy (non-hydrogen) atoms. The van der Waals surface area contributed by atoms with Crippen LogP contribution < -0.4 is 5.32 Å². The number of rotatable bonds is 3. The van der Waals surface area contributed by atoms with Gasteiger partial charge in [-0.15, -0.1) is 0 Å². The Labute approximate surface area is 102 Å². The molecule has 2 rings (SSSR count). The van der Waals surface area contributed by atoms with Crippen LogP contribution in [0.4, 0.5) is 10.1 Å². The van der Waals surface area contributed by atoms with Crippen LogP contribution in [0, 0.1) is 12.7 Å². The molecule has 1 aromatic rings. The third-order valence-electron chi connectivity index (χ3n) is 3.52. The normalized spacial score (nSPS) is 24.6. The monoisotopic (exact) mass is 237 g/mol. The number of hydrogen-bond acceptors (Lipinski definition) is 2. The first-order valence-corrected chi connectivity index (χ1v) is 6.24. The topological polar surface area (TPSA) is 21.3 Å². The molecular formula is C14H20FNO. The van der Waals surface area contributed by atoms with Gasteiger partial charge in [0.25, 0.3) is 0 Å². The van der Waals surface area contributed by atoms with Gasteiger partial charge in [-0.25, -0.2) is 4.39 Å². The molecule has 2 atom stereocenters. The molecule has 0 saturated heterocycles. The summed E-state index contributed by atoms with van der Waals surface area (Å²) >= 11 is 0. The minimum atomic E-state index is -0.183. The maximum absolute atomic E-state index is 13.2. The average molecular weight is 237 g/mol. The molecule has 0 heterocycles. The van der Waals surface area contributed by atoms with Crippen LogP contribution in [0.5, 0.6) is 0 Å². The SMILES string of the molecule is COC1CCCC(Nc2cc(F)ccc2C)C1. The predicted octanol–water partition coefficient (Wildman–Crippen LogP) is 3.50. The van der Waals surface area contributed by atoms with Crippen LogP contribution >= 0.6 is 0 Å². The number of methoxy groups -OCH3 is 1. The number of ether oxygens (including phenoxy) is 1. The number of anilines is 1. The van der Waals surface area contributed by atoms with Crippen LogP contribution in [-0.2, 0) is 4.74 Å². The number of halogens is 1. The number of nitrogens with one attached hydrogen (secondary N) is 1. The van der Waals surface area contributed by atoms with Gasteiger partial charge in [0.2, 0.25) is 0 Å². The summed E-state index contributed by atoms with van der Waals surface area (Å²) in [6, 6.07) is 5.29. The lowest BCUT2D eigenvalue weighted by Gasteiger charge is -2.30. The van der Waals surface area contributed by atoms with E-state index in [1.165, 1.54) is 12.5 Å². The molecule has 0 radical (unpaired) electrons. The highest BCUT2D eigenvalue weighted by atomic mass is 19.1. The summed E-state index contributed by atoms with van der Waals surface area (Å²) in [5.41, 5.74) is 2.00. The highest BCUT2D eigenvalue weighted by Gasteiger charge is 2.21. The Kier molecular flexibility index (Phi) is 4.00. The minimum absolute atomic E-state index is 0.183. The second-order valence-corrected chi connectivity index (χ2v) is 4.82. The molecule has 0 aromatic heterocycles. The van der Waals surface area contributed by atoms with Gasteiger partial charge in [0, 0.05) is 18.8 Å². The van der Waals surface area contributed by atoms with Crippen molar-refractivity contribution in [3.63, 3.8) is 0 Å². The molecule has 1 fully saturated rings. The van der Waals surface area contributed by atoms with Crippen molar-refractivity contribution in [3.05, 3.63) is 29.6 Å². The fourth-order valence-corrected chi connectivity index (χ4v) is 2.46. The largest absolute Gasteiger partial charge is 0.382 e. The van der Waals surface area contributed by atoms with Crippen molar-refractivity contribution in [2.45, 2.75) is 44.8 Å². The fraction of sp³-hybridized carbons (Fsp3) is 0.571. The summed E-state index contributed by atoms with van der Waals surface area (Å²) in [7, 11) is 1.76. The van der Waals surface area contributed by atoms with Gasteiger partial charge >= 0.3 is 0 Å². The highest BCUT2D eigenvalue weighted by Crippen LogP contribution is 2.25. The highest BCUT2D eigenvalue weighted by molar-refractivity contribution is 5.51. The van der Waals surface area contributed by atoms with Crippen molar-refractivity contribution >= 4 is 5.69 Å². The smallest absolute Gasteiger partial charge is 0.125 e. The lowest BCUT2D eigenvalue weighted by molar-refractivity contribution is 0.0669. The zero-order chi connectivity index (χ0) is 12.3. The molecule has 3 heteroatoms. The van der Waals surface area contributed by atoms with Crippen molar-refractivity contribution in [1.82, 2.24) is 0 Å². The molecule has 1 aliphatic carbocycles. The third kappa shape index (κ3) is 3.19. The standard InChI is InChI=1S/C14H20FNO/c1-10-6-7-11(15)8-14(10)16-12-4-3-5-13(9-12)17-2/h6-8,12-13,16H,3-5,9H2,1-2H3. The second kappa shape index (κ2) is 5.50. The van der Waals surface area contributed by atoms with E-state index in [2.05, 4.69) is 5.32 Å². The summed E-state index contributed by atoms with van der Waals surface area (Å²) in [6.07, 6.45) is 4.79. The Morgan fingerprint density at radius 3 is 2.94 bits per heavy atom. The van der Waals surface area contributed by atoms with E-state index in [0.29, 0.717) is 12.1 Å². The van der Waals surface area contributed by atoms with Crippen LogP contribution in [0.3, 0.4) is 0 Å². The number of hydrogen-bond donors (Lipinski definition) is 1. The first-order valence-electron chi connectivity index (χ1n) is 6.24. The van der Waals surface area contributed by atoms with Gasteiger partial charge < -0.3 is 10.1 Å². The Hall–Kier alpha value is -1.09. The molecular weight excluding hydrogens is 217 g/mol. The molecule has 1 saturated carbocycles. The van der Waals surface area contributed by atoms with E-state index in [4.69, 9.17) is 4.74 Å². The molecule has 1 aliphatic rings. The molecule has 1 aromatic carbocycles. The summed E-state index contributed by atoms with van der Waals surface area (Å²) in [5.74, 6) is -0.183. The van der Waals surface area contributed by atoms with Crippen molar-refractivity contribution in [3.8, 4) is 0 Å². The van der Waals surface area contributed by atoms with E-state index < -0.39 is 0 Å². The van der Waals surface area contributed by atoms with Gasteiger partial charge in [-0.05, 0) is 50.3 Å². The molecule has 0 aliphatic heterocycles. The predicted molar refractivity (Wildman–Crippen MR) is 67.8 cm³/mol. The van der Waals surface area contributed by atoms with E-state index in [1.54, 1.807) is 13.2 Å². The Bertz CT molecular complexity index is 380. The Balaban J connectivity index is 2.02. The van der Waals surface area contributed by atoms with E-state index in [1.807, 2.05) is 13.0 Å². The van der Waals surface area contributed by atoms with Gasteiger partial charge in [0.15, 0.2) is 0 Å². The van der Waals surface area contributed by atoms with Gasteiger partial charge in [0.05, 0.1) is 6.10 Å². The molecule has 2 nitrogen and oxygen atoms in total. The molecule has 2 unspecified atom stereocenters. The Morgan fingerprint density at radius 1 is 1.35 bits per heavy atom. The van der Waals surface area contributed by atoms with E-state index in [9.17, 15) is 4.39 Å². The molecule has 0 spiro atoms. The number of benzene rings is 1. The lowest BCUT2D eigenvalue weighted by atomic mass is 9.92. The molecule has 0 bridgehead atoms. The van der Waals surface area contributed by atoms with Crippen molar-refractivity contribution in [1.29, 1.82) is 0 Å². The first-order chi connectivity index (χ1) is 8.19. The van der Waals surface area contributed by atoms with Crippen molar-refractivity contribution < 1.29 is 9.13 Å². The Morgan fingerprint density at radius 2 is 2.18 bits per heavy atom. The summed E-state index contributed by atoms with van der Waals surface area (Å²) in [5, 5.41) is 3.43. The fourth-order valence-electron chi connectivity index (χ4n) is 2.46. The quantitative estimate of drug-likeness (QED) is 0.868. The second-order valence-electron chi connectivity index (χ2n) is 4.82. The van der Waals surface area contributed by atoms with Crippen molar-refractivity contribution in [2.24, 2.45) is 0 Å². The molecule has 1 N–H and O–H groups in total. The first kappa shape index (κ1) is 12.4. The zero-order valence-corrected chi connectivity index (χ0v) is 10.5. The molecule has 94 valence electrons. The molecule has 0 amide bonds. The van der Waals surface area contributed by atoms with Crippen LogP contribution in [0.1, 0.15) is 31.2 Å². The van der Waals surface area contributed by atoms with Gasteiger partial charge in [-0.3, -0.25) is 0 Å². The van der Waals surface area contributed by atoms with Crippen LogP contribution in [0.15, 0.2) is 18.2 Å². The van der Waals surface area contributed by atoms with Gasteiger partial charge in [0.1, 0.15) is 5.82 Å². The van der Waals surface area contributed by atoms with Crippen LogP contribution in [0.25, 0.3) is 0 Å². The number of aryl methyl sites for hydroxylation is 1. The maximum atomic E-state index is 13.2. The van der Waals surface area contributed by atoms with E-state index in [-0.39, 0.29) is 5.82 Å². The van der Waals surface area contributed by atoms with Gasteiger partial charge in [-0.2, -0.15) is 0 Å². The van der Waals surface area contributed by atoms with Crippen molar-refractivity contribution in [2.75, 3.05) is 12.4 Å². The summed E-state index contributed by atoms with van der Waals surface area (Å²) < 4.78 is 18.6. The van der Waals surface area contributed by atoms with Crippen LogP contribution in [-0.4, -0.2) is 19.3 Å². The average Bonchev–Trinajstić information content (AvgIpc) is 2.34. The maximum Gasteiger partial charge on any atom is 0.125 e. The zero-order valence-electron chi connectivity index (χ0n) is 10.5. The third-order valence-corrected chi connectivity index (χ3v) is 3.52. The van der Waals surface area contributed by atoms with E-state index in [0.717, 1.165) is 30.5 Å². The van der Waals surface area contributed by atoms with Gasteiger partial charge in [-0.1, -0.05) is 6.07 Å². The minimum Gasteiger partial charge on any atom is -0.382 e. The summed E-state index contributed by atoms with van der Waals surface area (Å²) in [4.78, 5) is 0.